The van der Waals surface area contributed by atoms with Crippen molar-refractivity contribution >= 4 is 34.2 Å². The maximum absolute atomic E-state index is 13.7. The first-order valence-corrected chi connectivity index (χ1v) is 14.6. The molecule has 0 unspecified atom stereocenters. The van der Waals surface area contributed by atoms with E-state index in [0.29, 0.717) is 28.9 Å². The molecule has 8 heteroatoms. The van der Waals surface area contributed by atoms with E-state index in [4.69, 9.17) is 21.3 Å². The Kier molecular flexibility index (Phi) is 5.85. The molecule has 0 radical (unpaired) electrons. The number of fused-ring (bicyclic) bond motifs is 3. The molecule has 2 aromatic heterocycles. The van der Waals surface area contributed by atoms with Crippen molar-refractivity contribution in [3.8, 4) is 17.1 Å². The van der Waals surface area contributed by atoms with Gasteiger partial charge in [-0.3, -0.25) is 4.79 Å². The van der Waals surface area contributed by atoms with Crippen molar-refractivity contribution in [2.45, 2.75) is 64.8 Å². The first kappa shape index (κ1) is 24.8. The van der Waals surface area contributed by atoms with Gasteiger partial charge in [0.2, 0.25) is 0 Å². The van der Waals surface area contributed by atoms with E-state index >= 15 is 0 Å². The molecule has 4 saturated carbocycles. The Bertz CT molecular complexity index is 1570. The van der Waals surface area contributed by atoms with Crippen LogP contribution in [0.5, 0.6) is 5.75 Å². The van der Waals surface area contributed by atoms with Gasteiger partial charge in [0, 0.05) is 16.2 Å². The van der Waals surface area contributed by atoms with E-state index in [1.807, 2.05) is 47.7 Å². The molecule has 2 N–H and O–H groups in total. The maximum atomic E-state index is 13.7. The number of ether oxygens (including phenoxy) is 1. The van der Waals surface area contributed by atoms with Crippen molar-refractivity contribution in [1.82, 2.24) is 20.5 Å². The number of aromatic nitrogens is 4. The zero-order valence-corrected chi connectivity index (χ0v) is 23.5. The summed E-state index contributed by atoms with van der Waals surface area (Å²) in [6.45, 7) is 6.80. The van der Waals surface area contributed by atoms with Crippen LogP contribution in [0.1, 0.15) is 68.4 Å². The van der Waals surface area contributed by atoms with E-state index in [-0.39, 0.29) is 11.4 Å². The molecule has 4 bridgehead atoms. The molecule has 4 aliphatic carbocycles. The summed E-state index contributed by atoms with van der Waals surface area (Å²) in [6, 6.07) is 11.4. The molecular weight excluding hydrogens is 510 g/mol. The lowest BCUT2D eigenvalue weighted by Gasteiger charge is -2.56. The minimum Gasteiger partial charge on any atom is -0.493 e. The molecule has 4 aromatic rings. The van der Waals surface area contributed by atoms with Crippen molar-refractivity contribution in [3.63, 3.8) is 0 Å². The molecular formula is C31H35ClN5O2+. The monoisotopic (exact) mass is 544 g/mol. The Hall–Kier alpha value is -3.19. The molecule has 0 saturated heterocycles. The number of benzene rings is 2. The number of amides is 1. The lowest BCUT2D eigenvalue weighted by molar-refractivity contribution is -0.469. The summed E-state index contributed by atoms with van der Waals surface area (Å²) in [5.74, 6) is 4.12. The van der Waals surface area contributed by atoms with Crippen molar-refractivity contribution in [2.75, 3.05) is 6.61 Å². The molecule has 39 heavy (non-hydrogen) atoms. The van der Waals surface area contributed by atoms with E-state index < -0.39 is 0 Å². The Balaban J connectivity index is 1.28. The molecule has 7 nitrogen and oxygen atoms in total. The van der Waals surface area contributed by atoms with Gasteiger partial charge in [0.1, 0.15) is 22.5 Å². The highest BCUT2D eigenvalue weighted by Gasteiger charge is 2.51. The zero-order valence-electron chi connectivity index (χ0n) is 22.8. The second-order valence-electron chi connectivity index (χ2n) is 12.6. The normalized spacial score (nSPS) is 25.6. The van der Waals surface area contributed by atoms with Crippen LogP contribution >= 0.6 is 11.6 Å². The van der Waals surface area contributed by atoms with Gasteiger partial charge in [0.05, 0.1) is 17.2 Å². The number of halogens is 1. The third kappa shape index (κ3) is 4.35. The van der Waals surface area contributed by atoms with Gasteiger partial charge in [-0.05, 0) is 106 Å². The molecule has 8 rings (SSSR count). The second-order valence-corrected chi connectivity index (χ2v) is 13.0. The van der Waals surface area contributed by atoms with Gasteiger partial charge in [-0.15, -0.1) is 5.10 Å². The van der Waals surface area contributed by atoms with E-state index in [9.17, 15) is 4.79 Å². The Morgan fingerprint density at radius 2 is 1.85 bits per heavy atom. The van der Waals surface area contributed by atoms with Gasteiger partial charge >= 0.3 is 5.82 Å². The minimum atomic E-state index is -0.0421. The SMILES string of the molecule is Cc1nc2ccc(C(=O)NC34CC5CC(CC(C5)C3)C4)cc2[n+]2c(-c3cc(OCC(C)C)ccc3Cl)n[nH]c12. The summed E-state index contributed by atoms with van der Waals surface area (Å²) in [5, 5.41) is 11.9. The molecule has 4 fully saturated rings. The smallest absolute Gasteiger partial charge is 0.315 e. The number of nitrogens with one attached hydrogen (secondary N) is 2. The standard InChI is InChI=1S/C31H34ClN5O2/c1-17(2)16-39-23-5-6-25(32)24(12-23)29-36-35-28-18(3)33-26-7-4-22(11-27(26)37(28)29)30(38)34-31-13-19-8-20(14-31)10-21(9-19)15-31/h4-7,11-12,17,19-21H,8-10,13-16H2,1-3H3,(H,34,38)/p+1. The summed E-state index contributed by atoms with van der Waals surface area (Å²) >= 11 is 6.69. The topological polar surface area (TPSA) is 84.0 Å². The van der Waals surface area contributed by atoms with Gasteiger partial charge in [-0.25, -0.2) is 4.98 Å². The average molecular weight is 545 g/mol. The van der Waals surface area contributed by atoms with Crippen LogP contribution in [0.25, 0.3) is 28.1 Å². The number of hydrogen-bond donors (Lipinski definition) is 2. The van der Waals surface area contributed by atoms with Crippen LogP contribution in [0.2, 0.25) is 5.02 Å². The number of carbonyl (C=O) groups is 1. The number of aryl methyl sites for hydroxylation is 1. The van der Waals surface area contributed by atoms with Gasteiger partial charge < -0.3 is 10.1 Å². The molecule has 0 atom stereocenters. The maximum Gasteiger partial charge on any atom is 0.315 e. The van der Waals surface area contributed by atoms with Crippen molar-refractivity contribution in [2.24, 2.45) is 23.7 Å². The van der Waals surface area contributed by atoms with Crippen molar-refractivity contribution in [1.29, 1.82) is 0 Å². The first-order valence-electron chi connectivity index (χ1n) is 14.2. The van der Waals surface area contributed by atoms with Crippen LogP contribution in [0, 0.1) is 30.6 Å². The third-order valence-electron chi connectivity index (χ3n) is 8.99. The predicted molar refractivity (Wildman–Crippen MR) is 151 cm³/mol. The summed E-state index contributed by atoms with van der Waals surface area (Å²) in [4.78, 5) is 18.5. The number of carbonyl (C=O) groups excluding carboxylic acids is 1. The fourth-order valence-corrected chi connectivity index (χ4v) is 7.95. The van der Waals surface area contributed by atoms with Gasteiger partial charge in [0.25, 0.3) is 11.6 Å². The number of hydrogen-bond acceptors (Lipinski definition) is 4. The van der Waals surface area contributed by atoms with Crippen LogP contribution in [0.15, 0.2) is 36.4 Å². The number of rotatable bonds is 6. The average Bonchev–Trinajstić information content (AvgIpc) is 3.33. The first-order chi connectivity index (χ1) is 18.8. The Labute approximate surface area is 233 Å². The van der Waals surface area contributed by atoms with Crippen LogP contribution in [-0.2, 0) is 0 Å². The Morgan fingerprint density at radius 1 is 1.13 bits per heavy atom. The summed E-state index contributed by atoms with van der Waals surface area (Å²) in [6.07, 6.45) is 7.41. The molecule has 1 amide bonds. The van der Waals surface area contributed by atoms with Crippen molar-refractivity contribution < 1.29 is 13.9 Å². The molecule has 2 aromatic carbocycles. The largest absolute Gasteiger partial charge is 0.493 e. The van der Waals surface area contributed by atoms with E-state index in [1.54, 1.807) is 0 Å². The molecule has 202 valence electrons. The third-order valence-corrected chi connectivity index (χ3v) is 9.32. The van der Waals surface area contributed by atoms with Gasteiger partial charge in [0.15, 0.2) is 0 Å². The fraction of sp³-hybridized carbons (Fsp3) is 0.484. The van der Waals surface area contributed by atoms with Gasteiger partial charge in [-0.1, -0.05) is 25.4 Å². The molecule has 0 aliphatic heterocycles. The Morgan fingerprint density at radius 3 is 2.54 bits per heavy atom. The predicted octanol–water partition coefficient (Wildman–Crippen LogP) is 6.06. The van der Waals surface area contributed by atoms with Gasteiger partial charge in [-0.2, -0.15) is 4.40 Å². The second kappa shape index (κ2) is 9.19. The van der Waals surface area contributed by atoms with Crippen LogP contribution < -0.4 is 14.5 Å². The quantitative estimate of drug-likeness (QED) is 0.289. The van der Waals surface area contributed by atoms with Crippen molar-refractivity contribution in [3.05, 3.63) is 52.7 Å². The number of aromatic amines is 1. The molecule has 4 aliphatic rings. The van der Waals surface area contributed by atoms with Crippen LogP contribution in [-0.4, -0.2) is 33.2 Å². The van der Waals surface area contributed by atoms with E-state index in [2.05, 4.69) is 29.4 Å². The highest BCUT2D eigenvalue weighted by molar-refractivity contribution is 6.33. The highest BCUT2D eigenvalue weighted by Crippen LogP contribution is 2.55. The van der Waals surface area contributed by atoms with E-state index in [0.717, 1.165) is 70.7 Å². The van der Waals surface area contributed by atoms with Crippen LogP contribution in [0.4, 0.5) is 0 Å². The summed E-state index contributed by atoms with van der Waals surface area (Å²) in [7, 11) is 0. The molecule has 2 heterocycles. The number of H-pyrrole nitrogens is 1. The van der Waals surface area contributed by atoms with E-state index in [1.165, 1.54) is 19.3 Å². The zero-order chi connectivity index (χ0) is 26.9. The summed E-state index contributed by atoms with van der Waals surface area (Å²) in [5.41, 5.74) is 4.54. The molecule has 0 spiro atoms. The fourth-order valence-electron chi connectivity index (χ4n) is 7.75. The lowest BCUT2D eigenvalue weighted by Crippen LogP contribution is -2.59. The lowest BCUT2D eigenvalue weighted by atomic mass is 9.53. The highest BCUT2D eigenvalue weighted by atomic mass is 35.5. The summed E-state index contributed by atoms with van der Waals surface area (Å²) < 4.78 is 8.00. The minimum absolute atomic E-state index is 0.000310. The number of nitrogens with zero attached hydrogens (tertiary/aromatic N) is 3. The van der Waals surface area contributed by atoms with Crippen LogP contribution in [0.3, 0.4) is 0 Å².